The molecular formula is C13H21NO3. The normalized spacial score (nSPS) is 13.5. The molecule has 4 heteroatoms. The van der Waals surface area contributed by atoms with E-state index in [1.54, 1.807) is 18.2 Å². The van der Waals surface area contributed by atoms with E-state index in [0.29, 0.717) is 12.4 Å². The van der Waals surface area contributed by atoms with Crippen LogP contribution in [0.25, 0.3) is 0 Å². The van der Waals surface area contributed by atoms with Crippen LogP contribution in [0.4, 0.5) is 0 Å². The Hall–Kier alpha value is -1.26. The molecule has 1 aromatic rings. The smallest absolute Gasteiger partial charge is 0.161 e. The Kier molecular flexibility index (Phi) is 4.37. The van der Waals surface area contributed by atoms with Gasteiger partial charge >= 0.3 is 0 Å². The van der Waals surface area contributed by atoms with E-state index in [-0.39, 0.29) is 18.4 Å². The largest absolute Gasteiger partial charge is 0.504 e. The van der Waals surface area contributed by atoms with Crippen molar-refractivity contribution < 1.29 is 14.9 Å². The van der Waals surface area contributed by atoms with E-state index in [2.05, 4.69) is 0 Å². The number of phenolic OH excluding ortho intramolecular Hbond substituents is 1. The van der Waals surface area contributed by atoms with Gasteiger partial charge in [0.15, 0.2) is 11.5 Å². The molecule has 0 fully saturated rings. The number of aliphatic hydroxyl groups excluding tert-OH is 1. The maximum atomic E-state index is 9.59. The van der Waals surface area contributed by atoms with Crippen molar-refractivity contribution in [1.82, 2.24) is 0 Å². The monoisotopic (exact) mass is 239 g/mol. The molecule has 0 spiro atoms. The summed E-state index contributed by atoms with van der Waals surface area (Å²) in [5, 5.41) is 18.9. The second-order valence-electron chi connectivity index (χ2n) is 4.78. The zero-order valence-corrected chi connectivity index (χ0v) is 10.6. The standard InChI is InChI=1S/C13H21NO3/c1-4-17-11-7-9(5-6-10(11)16)12(14)13(2,3)8-15/h5-7,12,15-16H,4,8,14H2,1-3H3/t12-/m0/s1. The van der Waals surface area contributed by atoms with Crippen molar-refractivity contribution in [2.75, 3.05) is 13.2 Å². The third-order valence-electron chi connectivity index (χ3n) is 2.89. The predicted octanol–water partition coefficient (Wildman–Crippen LogP) is 1.81. The molecule has 0 saturated heterocycles. The van der Waals surface area contributed by atoms with Crippen molar-refractivity contribution in [3.63, 3.8) is 0 Å². The molecular weight excluding hydrogens is 218 g/mol. The van der Waals surface area contributed by atoms with E-state index in [0.717, 1.165) is 5.56 Å². The zero-order valence-electron chi connectivity index (χ0n) is 10.6. The van der Waals surface area contributed by atoms with Gasteiger partial charge in [0.25, 0.3) is 0 Å². The highest BCUT2D eigenvalue weighted by atomic mass is 16.5. The first-order chi connectivity index (χ1) is 7.92. The van der Waals surface area contributed by atoms with E-state index in [9.17, 15) is 10.2 Å². The molecule has 0 bridgehead atoms. The molecule has 0 unspecified atom stereocenters. The van der Waals surface area contributed by atoms with Gasteiger partial charge in [0.1, 0.15) is 0 Å². The van der Waals surface area contributed by atoms with Crippen LogP contribution in [-0.2, 0) is 0 Å². The summed E-state index contributed by atoms with van der Waals surface area (Å²) >= 11 is 0. The number of hydrogen-bond acceptors (Lipinski definition) is 4. The number of aromatic hydroxyl groups is 1. The molecule has 4 N–H and O–H groups in total. The van der Waals surface area contributed by atoms with Crippen molar-refractivity contribution in [2.45, 2.75) is 26.8 Å². The van der Waals surface area contributed by atoms with E-state index in [4.69, 9.17) is 10.5 Å². The van der Waals surface area contributed by atoms with E-state index < -0.39 is 5.41 Å². The summed E-state index contributed by atoms with van der Waals surface area (Å²) in [7, 11) is 0. The number of ether oxygens (including phenoxy) is 1. The molecule has 0 aliphatic rings. The molecule has 17 heavy (non-hydrogen) atoms. The van der Waals surface area contributed by atoms with Gasteiger partial charge in [-0.1, -0.05) is 19.9 Å². The summed E-state index contributed by atoms with van der Waals surface area (Å²) in [6, 6.07) is 4.72. The second kappa shape index (κ2) is 5.38. The van der Waals surface area contributed by atoms with Crippen LogP contribution in [0.5, 0.6) is 11.5 Å². The number of nitrogens with two attached hydrogens (primary N) is 1. The lowest BCUT2D eigenvalue weighted by atomic mass is 9.82. The molecule has 1 rings (SSSR count). The highest BCUT2D eigenvalue weighted by Crippen LogP contribution is 2.35. The summed E-state index contributed by atoms with van der Waals surface area (Å²) in [5.74, 6) is 0.527. The SMILES string of the molecule is CCOc1cc([C@H](N)C(C)(C)CO)ccc1O. The molecule has 0 heterocycles. The topological polar surface area (TPSA) is 75.7 Å². The van der Waals surface area contributed by atoms with Crippen LogP contribution in [-0.4, -0.2) is 23.4 Å². The summed E-state index contributed by atoms with van der Waals surface area (Å²) in [5.41, 5.74) is 6.52. The number of benzene rings is 1. The summed E-state index contributed by atoms with van der Waals surface area (Å²) < 4.78 is 5.31. The van der Waals surface area contributed by atoms with E-state index in [1.807, 2.05) is 20.8 Å². The van der Waals surface area contributed by atoms with E-state index in [1.165, 1.54) is 0 Å². The minimum absolute atomic E-state index is 0.000981. The van der Waals surface area contributed by atoms with Crippen molar-refractivity contribution in [2.24, 2.45) is 11.1 Å². The summed E-state index contributed by atoms with van der Waals surface area (Å²) in [6.07, 6.45) is 0. The molecule has 96 valence electrons. The maximum absolute atomic E-state index is 9.59. The second-order valence-corrected chi connectivity index (χ2v) is 4.78. The Morgan fingerprint density at radius 3 is 2.59 bits per heavy atom. The molecule has 1 atom stereocenters. The maximum Gasteiger partial charge on any atom is 0.161 e. The van der Waals surface area contributed by atoms with Gasteiger partial charge in [-0.2, -0.15) is 0 Å². The van der Waals surface area contributed by atoms with Crippen molar-refractivity contribution in [3.8, 4) is 11.5 Å². The molecule has 1 aromatic carbocycles. The van der Waals surface area contributed by atoms with Gasteiger partial charge < -0.3 is 20.7 Å². The Morgan fingerprint density at radius 1 is 1.41 bits per heavy atom. The fourth-order valence-corrected chi connectivity index (χ4v) is 1.54. The molecule has 0 saturated carbocycles. The summed E-state index contributed by atoms with van der Waals surface area (Å²) in [6.45, 7) is 6.12. The van der Waals surface area contributed by atoms with Gasteiger partial charge in [-0.05, 0) is 24.6 Å². The third-order valence-corrected chi connectivity index (χ3v) is 2.89. The van der Waals surface area contributed by atoms with E-state index >= 15 is 0 Å². The zero-order chi connectivity index (χ0) is 13.1. The van der Waals surface area contributed by atoms with Crippen LogP contribution in [0.1, 0.15) is 32.4 Å². The van der Waals surface area contributed by atoms with Crippen LogP contribution in [0.15, 0.2) is 18.2 Å². The molecule has 0 radical (unpaired) electrons. The van der Waals surface area contributed by atoms with Crippen LogP contribution in [0.2, 0.25) is 0 Å². The van der Waals surface area contributed by atoms with Gasteiger partial charge in [0.05, 0.1) is 6.61 Å². The van der Waals surface area contributed by atoms with Crippen molar-refractivity contribution >= 4 is 0 Å². The summed E-state index contributed by atoms with van der Waals surface area (Å²) in [4.78, 5) is 0. The van der Waals surface area contributed by atoms with Gasteiger partial charge in [-0.25, -0.2) is 0 Å². The minimum Gasteiger partial charge on any atom is -0.504 e. The number of hydrogen-bond donors (Lipinski definition) is 3. The van der Waals surface area contributed by atoms with Crippen molar-refractivity contribution in [3.05, 3.63) is 23.8 Å². The molecule has 0 amide bonds. The first-order valence-corrected chi connectivity index (χ1v) is 5.74. The van der Waals surface area contributed by atoms with Gasteiger partial charge in [-0.15, -0.1) is 0 Å². The lowest BCUT2D eigenvalue weighted by molar-refractivity contribution is 0.132. The fourth-order valence-electron chi connectivity index (χ4n) is 1.54. The van der Waals surface area contributed by atoms with Crippen LogP contribution in [0, 0.1) is 5.41 Å². The fraction of sp³-hybridized carbons (Fsp3) is 0.538. The first-order valence-electron chi connectivity index (χ1n) is 5.74. The Morgan fingerprint density at radius 2 is 2.06 bits per heavy atom. The highest BCUT2D eigenvalue weighted by Gasteiger charge is 2.27. The van der Waals surface area contributed by atoms with Crippen LogP contribution < -0.4 is 10.5 Å². The lowest BCUT2D eigenvalue weighted by Crippen LogP contribution is -2.32. The highest BCUT2D eigenvalue weighted by molar-refractivity contribution is 5.43. The lowest BCUT2D eigenvalue weighted by Gasteiger charge is -2.30. The molecule has 4 nitrogen and oxygen atoms in total. The Labute approximate surface area is 102 Å². The van der Waals surface area contributed by atoms with Crippen LogP contribution in [0.3, 0.4) is 0 Å². The minimum atomic E-state index is -0.416. The third kappa shape index (κ3) is 3.11. The Bertz CT molecular complexity index is 377. The number of aliphatic hydroxyl groups is 1. The first kappa shape index (κ1) is 13.8. The number of rotatable bonds is 5. The average molecular weight is 239 g/mol. The quantitative estimate of drug-likeness (QED) is 0.732. The molecule has 0 aliphatic heterocycles. The molecule has 0 aliphatic carbocycles. The van der Waals surface area contributed by atoms with Crippen LogP contribution >= 0.6 is 0 Å². The number of phenols is 1. The van der Waals surface area contributed by atoms with Gasteiger partial charge in [0, 0.05) is 18.1 Å². The van der Waals surface area contributed by atoms with Gasteiger partial charge in [-0.3, -0.25) is 0 Å². The van der Waals surface area contributed by atoms with Crippen molar-refractivity contribution in [1.29, 1.82) is 0 Å². The average Bonchev–Trinajstić information content (AvgIpc) is 2.31. The Balaban J connectivity index is 3.03. The molecule has 0 aromatic heterocycles. The predicted molar refractivity (Wildman–Crippen MR) is 67.1 cm³/mol. The van der Waals surface area contributed by atoms with Gasteiger partial charge in [0.2, 0.25) is 0 Å².